The number of carbonyl (C=O) groups is 2. The number of nitrogens with zero attached hydrogens (tertiary/aromatic N) is 2. The van der Waals surface area contributed by atoms with Crippen LogP contribution in [0.3, 0.4) is 0 Å². The molecular weight excluding hydrogens is 294 g/mol. The molecule has 22 heavy (non-hydrogen) atoms. The number of amides is 1. The molecule has 0 spiro atoms. The van der Waals surface area contributed by atoms with Crippen molar-refractivity contribution in [3.63, 3.8) is 0 Å². The molecule has 2 aliphatic rings. The molecule has 1 atom stereocenters. The van der Waals surface area contributed by atoms with Crippen LogP contribution in [0.2, 0.25) is 0 Å². The summed E-state index contributed by atoms with van der Waals surface area (Å²) in [5, 5.41) is 0. The van der Waals surface area contributed by atoms with E-state index in [1.807, 2.05) is 0 Å². The van der Waals surface area contributed by atoms with Crippen LogP contribution in [0.1, 0.15) is 17.4 Å². The normalized spacial score (nSPS) is 19.8. The highest BCUT2D eigenvalue weighted by Gasteiger charge is 2.36. The van der Waals surface area contributed by atoms with Crippen LogP contribution in [-0.2, 0) is 14.3 Å². The van der Waals surface area contributed by atoms with Crippen LogP contribution in [0, 0.1) is 0 Å². The van der Waals surface area contributed by atoms with Crippen molar-refractivity contribution in [2.75, 3.05) is 32.0 Å². The number of rotatable bonds is 3. The summed E-state index contributed by atoms with van der Waals surface area (Å²) in [6, 6.07) is 1.27. The van der Waals surface area contributed by atoms with E-state index in [2.05, 4.69) is 10.2 Å². The van der Waals surface area contributed by atoms with E-state index in [1.165, 1.54) is 23.9 Å². The van der Waals surface area contributed by atoms with Gasteiger partial charge in [-0.2, -0.15) is 0 Å². The lowest BCUT2D eigenvalue weighted by atomic mass is 10.2. The number of hydrogen-bond acceptors (Lipinski definition) is 7. The molecule has 0 radical (unpaired) electrons. The van der Waals surface area contributed by atoms with E-state index < -0.39 is 18.2 Å². The second-order valence-electron chi connectivity index (χ2n) is 4.84. The third kappa shape index (κ3) is 2.50. The fourth-order valence-corrected chi connectivity index (χ4v) is 2.39. The molecule has 9 heteroatoms. The first kappa shape index (κ1) is 14.4. The van der Waals surface area contributed by atoms with Gasteiger partial charge in [0.1, 0.15) is 6.17 Å². The summed E-state index contributed by atoms with van der Waals surface area (Å²) in [4.78, 5) is 36.9. The largest absolute Gasteiger partial charge is 0.451 e. The number of hydrogen-bond donors (Lipinski definition) is 1. The molecular formula is C13H15N3O6. The van der Waals surface area contributed by atoms with Gasteiger partial charge in [-0.1, -0.05) is 0 Å². The molecule has 2 aliphatic heterocycles. The molecule has 1 aromatic rings. The zero-order chi connectivity index (χ0) is 15.7. The highest BCUT2D eigenvalue weighted by atomic mass is 16.7. The van der Waals surface area contributed by atoms with E-state index in [-0.39, 0.29) is 23.5 Å². The number of morpholine rings is 1. The zero-order valence-corrected chi connectivity index (χ0v) is 11.9. The third-order valence-electron chi connectivity index (χ3n) is 3.40. The fraction of sp³-hybridized carbons (Fsp3) is 0.462. The number of esters is 1. The van der Waals surface area contributed by atoms with Crippen LogP contribution >= 0.6 is 0 Å². The molecule has 1 amide bonds. The van der Waals surface area contributed by atoms with Gasteiger partial charge >= 0.3 is 5.97 Å². The molecule has 9 nitrogen and oxygen atoms in total. The molecule has 0 aliphatic carbocycles. The zero-order valence-electron chi connectivity index (χ0n) is 11.9. The van der Waals surface area contributed by atoms with Gasteiger partial charge in [-0.3, -0.25) is 19.1 Å². The van der Waals surface area contributed by atoms with E-state index in [0.29, 0.717) is 19.8 Å². The van der Waals surface area contributed by atoms with Crippen molar-refractivity contribution in [2.24, 2.45) is 0 Å². The maximum atomic E-state index is 12.6. The minimum absolute atomic E-state index is 0.0813. The summed E-state index contributed by atoms with van der Waals surface area (Å²) in [7, 11) is 0. The van der Waals surface area contributed by atoms with Gasteiger partial charge in [0.25, 0.3) is 5.91 Å². The number of ether oxygens (including phenoxy) is 3. The Bertz CT molecular complexity index is 670. The number of fused-ring (bicyclic) bond motifs is 2. The Hall–Kier alpha value is -2.55. The Kier molecular flexibility index (Phi) is 3.72. The highest BCUT2D eigenvalue weighted by Crippen LogP contribution is 2.22. The van der Waals surface area contributed by atoms with Crippen LogP contribution in [0.25, 0.3) is 0 Å². The highest BCUT2D eigenvalue weighted by molar-refractivity contribution is 5.96. The minimum Gasteiger partial charge on any atom is -0.451 e. The molecule has 0 aromatic carbocycles. The van der Waals surface area contributed by atoms with Crippen LogP contribution < -0.4 is 15.6 Å². The Morgan fingerprint density at radius 3 is 3.09 bits per heavy atom. The maximum Gasteiger partial charge on any atom is 0.305 e. The Morgan fingerprint density at radius 2 is 2.32 bits per heavy atom. The molecule has 118 valence electrons. The quantitative estimate of drug-likeness (QED) is 0.571. The molecule has 0 bridgehead atoms. The second kappa shape index (κ2) is 5.68. The first-order valence-corrected chi connectivity index (χ1v) is 6.75. The molecule has 3 heterocycles. The topological polar surface area (TPSA) is 99.1 Å². The van der Waals surface area contributed by atoms with E-state index in [1.54, 1.807) is 4.90 Å². The Balaban J connectivity index is 1.93. The van der Waals surface area contributed by atoms with Gasteiger partial charge in [-0.05, 0) is 0 Å². The first-order chi connectivity index (χ1) is 10.6. The lowest BCUT2D eigenvalue weighted by Gasteiger charge is -2.41. The average molecular weight is 309 g/mol. The van der Waals surface area contributed by atoms with Crippen LogP contribution in [0.5, 0.6) is 5.75 Å². The lowest BCUT2D eigenvalue weighted by Crippen LogP contribution is -2.59. The SMILES string of the molecule is CC(=O)OCOc1c2n(ccc1=O)NC1COCCN1C2=O. The van der Waals surface area contributed by atoms with Crippen molar-refractivity contribution in [2.45, 2.75) is 13.1 Å². The van der Waals surface area contributed by atoms with Gasteiger partial charge in [-0.25, -0.2) is 0 Å². The maximum absolute atomic E-state index is 12.6. The number of aromatic nitrogens is 1. The van der Waals surface area contributed by atoms with Gasteiger partial charge < -0.3 is 24.5 Å². The molecule has 1 saturated heterocycles. The third-order valence-corrected chi connectivity index (χ3v) is 3.40. The number of carbonyl (C=O) groups excluding carboxylic acids is 2. The fourth-order valence-electron chi connectivity index (χ4n) is 2.39. The predicted octanol–water partition coefficient (Wildman–Crippen LogP) is -0.897. The van der Waals surface area contributed by atoms with Crippen molar-refractivity contribution in [1.82, 2.24) is 9.58 Å². The van der Waals surface area contributed by atoms with Crippen LogP contribution in [-0.4, -0.2) is 54.2 Å². The standard InChI is InChI=1S/C13H15N3O6/c1-8(17)21-7-22-12-9(18)2-3-16-11(12)13(19)15-4-5-20-6-10(15)14-16/h2-3,10,14H,4-7H2,1H3. The Morgan fingerprint density at radius 1 is 1.50 bits per heavy atom. The summed E-state index contributed by atoms with van der Waals surface area (Å²) in [5.41, 5.74) is 2.69. The monoisotopic (exact) mass is 309 g/mol. The average Bonchev–Trinajstić information content (AvgIpc) is 2.49. The first-order valence-electron chi connectivity index (χ1n) is 6.75. The van der Waals surface area contributed by atoms with E-state index in [0.717, 1.165) is 0 Å². The van der Waals surface area contributed by atoms with Crippen molar-refractivity contribution in [3.8, 4) is 5.75 Å². The van der Waals surface area contributed by atoms with E-state index in [9.17, 15) is 14.4 Å². The van der Waals surface area contributed by atoms with Crippen molar-refractivity contribution in [1.29, 1.82) is 0 Å². The van der Waals surface area contributed by atoms with Crippen LogP contribution in [0.15, 0.2) is 17.1 Å². The van der Waals surface area contributed by atoms with Gasteiger partial charge in [0, 0.05) is 25.7 Å². The lowest BCUT2D eigenvalue weighted by molar-refractivity contribution is -0.147. The van der Waals surface area contributed by atoms with Gasteiger partial charge in [0.2, 0.25) is 18.0 Å². The minimum atomic E-state index is -0.539. The molecule has 3 rings (SSSR count). The van der Waals surface area contributed by atoms with Crippen LogP contribution in [0.4, 0.5) is 0 Å². The van der Waals surface area contributed by atoms with E-state index in [4.69, 9.17) is 9.47 Å². The molecule has 0 saturated carbocycles. The summed E-state index contributed by atoms with van der Waals surface area (Å²) in [6.45, 7) is 2.01. The van der Waals surface area contributed by atoms with Gasteiger partial charge in [0.05, 0.1) is 13.2 Å². The van der Waals surface area contributed by atoms with Gasteiger partial charge in [-0.15, -0.1) is 0 Å². The summed E-state index contributed by atoms with van der Waals surface area (Å²) in [5.74, 6) is -1.02. The number of nitrogens with one attached hydrogen (secondary N) is 1. The predicted molar refractivity (Wildman–Crippen MR) is 73.0 cm³/mol. The van der Waals surface area contributed by atoms with Crippen molar-refractivity contribution < 1.29 is 23.8 Å². The molecule has 1 aromatic heterocycles. The molecule has 1 N–H and O–H groups in total. The van der Waals surface area contributed by atoms with E-state index >= 15 is 0 Å². The summed E-state index contributed by atoms with van der Waals surface area (Å²) < 4.78 is 16.6. The molecule has 1 unspecified atom stereocenters. The second-order valence-corrected chi connectivity index (χ2v) is 4.84. The summed E-state index contributed by atoms with van der Waals surface area (Å²) >= 11 is 0. The number of pyridine rings is 1. The van der Waals surface area contributed by atoms with Crippen molar-refractivity contribution in [3.05, 3.63) is 28.2 Å². The summed E-state index contributed by atoms with van der Waals surface area (Å²) in [6.07, 6.45) is 1.16. The molecule has 1 fully saturated rings. The Labute approximate surface area is 125 Å². The van der Waals surface area contributed by atoms with Crippen molar-refractivity contribution >= 4 is 11.9 Å². The smallest absolute Gasteiger partial charge is 0.305 e. The van der Waals surface area contributed by atoms with Gasteiger partial charge in [0.15, 0.2) is 5.69 Å².